The normalized spacial score (nSPS) is 10.1. The molecule has 0 fully saturated rings. The molecule has 0 saturated heterocycles. The number of ether oxygens (including phenoxy) is 3. The quantitative estimate of drug-likeness (QED) is 0.776. The fraction of sp³-hybridized carbons (Fsp3) is 0.235. The Labute approximate surface area is 156 Å². The summed E-state index contributed by atoms with van der Waals surface area (Å²) in [5.74, 6) is 1.52. The number of urea groups is 1. The lowest BCUT2D eigenvalue weighted by atomic mass is 10.2. The Kier molecular flexibility index (Phi) is 6.61. The molecule has 25 heavy (non-hydrogen) atoms. The largest absolute Gasteiger partial charge is 0.493 e. The molecule has 0 aromatic heterocycles. The molecule has 0 spiro atoms. The number of nitrogens with one attached hydrogen (secondary N) is 2. The van der Waals surface area contributed by atoms with Gasteiger partial charge in [-0.1, -0.05) is 23.2 Å². The summed E-state index contributed by atoms with van der Waals surface area (Å²) in [5, 5.41) is 6.28. The van der Waals surface area contributed by atoms with Crippen molar-refractivity contribution in [2.24, 2.45) is 0 Å². The number of rotatable bonds is 6. The lowest BCUT2D eigenvalue weighted by molar-refractivity contribution is 0.251. The molecule has 2 aromatic carbocycles. The molecule has 0 aliphatic rings. The SMILES string of the molecule is COc1cc(CNC(=O)Nc2cc(Cl)cc(Cl)c2)cc(OC)c1OC. The number of carbonyl (C=O) groups is 1. The number of benzene rings is 2. The molecular formula is C17H18Cl2N2O4. The van der Waals surface area contributed by atoms with E-state index in [-0.39, 0.29) is 6.54 Å². The first kappa shape index (κ1) is 19.0. The van der Waals surface area contributed by atoms with Crippen molar-refractivity contribution in [3.05, 3.63) is 45.9 Å². The highest BCUT2D eigenvalue weighted by Gasteiger charge is 2.13. The van der Waals surface area contributed by atoms with Crippen molar-refractivity contribution in [2.45, 2.75) is 6.54 Å². The van der Waals surface area contributed by atoms with Crippen molar-refractivity contribution in [1.82, 2.24) is 5.32 Å². The molecule has 2 amide bonds. The highest BCUT2D eigenvalue weighted by atomic mass is 35.5. The number of amides is 2. The minimum Gasteiger partial charge on any atom is -0.493 e. The van der Waals surface area contributed by atoms with Gasteiger partial charge in [-0.25, -0.2) is 4.79 Å². The molecule has 0 unspecified atom stereocenters. The number of halogens is 2. The van der Waals surface area contributed by atoms with E-state index in [4.69, 9.17) is 37.4 Å². The first-order valence-electron chi connectivity index (χ1n) is 7.26. The molecule has 0 radical (unpaired) electrons. The minimum absolute atomic E-state index is 0.261. The average Bonchev–Trinajstić information content (AvgIpc) is 2.57. The van der Waals surface area contributed by atoms with Gasteiger partial charge in [-0.15, -0.1) is 0 Å². The smallest absolute Gasteiger partial charge is 0.319 e. The van der Waals surface area contributed by atoms with Crippen molar-refractivity contribution in [3.8, 4) is 17.2 Å². The molecule has 6 nitrogen and oxygen atoms in total. The number of carbonyl (C=O) groups excluding carboxylic acids is 1. The number of methoxy groups -OCH3 is 3. The standard InChI is InChI=1S/C17H18Cl2N2O4/c1-23-14-4-10(5-15(24-2)16(14)25-3)9-20-17(22)21-13-7-11(18)6-12(19)8-13/h4-8H,9H2,1-3H3,(H2,20,21,22). The van der Waals surface area contributed by atoms with E-state index in [2.05, 4.69) is 10.6 Å². The average molecular weight is 385 g/mol. The molecule has 2 aromatic rings. The second kappa shape index (κ2) is 8.69. The molecule has 0 aliphatic carbocycles. The van der Waals surface area contributed by atoms with Crippen LogP contribution in [0, 0.1) is 0 Å². The van der Waals surface area contributed by atoms with E-state index in [1.807, 2.05) is 0 Å². The third kappa shape index (κ3) is 5.08. The van der Waals surface area contributed by atoms with Gasteiger partial charge in [0.2, 0.25) is 5.75 Å². The topological polar surface area (TPSA) is 68.8 Å². The van der Waals surface area contributed by atoms with Crippen LogP contribution in [0.25, 0.3) is 0 Å². The van der Waals surface area contributed by atoms with Crippen molar-refractivity contribution < 1.29 is 19.0 Å². The number of hydrogen-bond acceptors (Lipinski definition) is 4. The number of anilines is 1. The molecule has 2 N–H and O–H groups in total. The van der Waals surface area contributed by atoms with Crippen LogP contribution in [0.2, 0.25) is 10.0 Å². The molecule has 0 saturated carbocycles. The Morgan fingerprint density at radius 1 is 0.920 bits per heavy atom. The highest BCUT2D eigenvalue weighted by Crippen LogP contribution is 2.38. The maximum Gasteiger partial charge on any atom is 0.319 e. The first-order chi connectivity index (χ1) is 12.0. The Bertz CT molecular complexity index is 723. The third-order valence-electron chi connectivity index (χ3n) is 3.30. The van der Waals surface area contributed by atoms with Gasteiger partial charge in [0.05, 0.1) is 21.3 Å². The van der Waals surface area contributed by atoms with Gasteiger partial charge in [0.1, 0.15) is 0 Å². The van der Waals surface area contributed by atoms with Crippen LogP contribution in [0.3, 0.4) is 0 Å². The Balaban J connectivity index is 2.06. The predicted molar refractivity (Wildman–Crippen MR) is 98.4 cm³/mol. The second-order valence-corrected chi connectivity index (χ2v) is 5.87. The van der Waals surface area contributed by atoms with Gasteiger partial charge in [0, 0.05) is 22.3 Å². The summed E-state index contributed by atoms with van der Waals surface area (Å²) in [6, 6.07) is 7.92. The fourth-order valence-electron chi connectivity index (χ4n) is 2.22. The summed E-state index contributed by atoms with van der Waals surface area (Å²) in [4.78, 5) is 12.0. The summed E-state index contributed by atoms with van der Waals surface area (Å²) in [7, 11) is 4.59. The van der Waals surface area contributed by atoms with E-state index in [1.54, 1.807) is 30.3 Å². The van der Waals surface area contributed by atoms with Crippen molar-refractivity contribution in [3.63, 3.8) is 0 Å². The van der Waals surface area contributed by atoms with Gasteiger partial charge in [-0.05, 0) is 35.9 Å². The maximum atomic E-state index is 12.0. The Hall–Kier alpha value is -2.31. The predicted octanol–water partition coefficient (Wildman–Crippen LogP) is 4.34. The molecule has 0 atom stereocenters. The molecule has 0 aliphatic heterocycles. The van der Waals surface area contributed by atoms with Crippen LogP contribution in [0.1, 0.15) is 5.56 Å². The lowest BCUT2D eigenvalue weighted by Crippen LogP contribution is -2.28. The van der Waals surface area contributed by atoms with Crippen LogP contribution >= 0.6 is 23.2 Å². The fourth-order valence-corrected chi connectivity index (χ4v) is 2.75. The van der Waals surface area contributed by atoms with Crippen LogP contribution in [0.4, 0.5) is 10.5 Å². The van der Waals surface area contributed by atoms with Crippen LogP contribution in [-0.2, 0) is 6.54 Å². The second-order valence-electron chi connectivity index (χ2n) is 5.00. The highest BCUT2D eigenvalue weighted by molar-refractivity contribution is 6.35. The monoisotopic (exact) mass is 384 g/mol. The molecular weight excluding hydrogens is 367 g/mol. The Morgan fingerprint density at radius 2 is 1.48 bits per heavy atom. The van der Waals surface area contributed by atoms with Gasteiger partial charge >= 0.3 is 6.03 Å². The summed E-state index contributed by atoms with van der Waals surface area (Å²) in [6.07, 6.45) is 0. The molecule has 134 valence electrons. The van der Waals surface area contributed by atoms with E-state index < -0.39 is 6.03 Å². The summed E-state index contributed by atoms with van der Waals surface area (Å²) in [5.41, 5.74) is 1.29. The van der Waals surface area contributed by atoms with E-state index in [9.17, 15) is 4.79 Å². The van der Waals surface area contributed by atoms with Crippen molar-refractivity contribution in [1.29, 1.82) is 0 Å². The van der Waals surface area contributed by atoms with E-state index >= 15 is 0 Å². The third-order valence-corrected chi connectivity index (χ3v) is 3.73. The van der Waals surface area contributed by atoms with Crippen molar-refractivity contribution in [2.75, 3.05) is 26.6 Å². The van der Waals surface area contributed by atoms with Crippen molar-refractivity contribution >= 4 is 34.9 Å². The number of hydrogen-bond donors (Lipinski definition) is 2. The summed E-state index contributed by atoms with van der Waals surface area (Å²) < 4.78 is 15.8. The maximum absolute atomic E-state index is 12.0. The van der Waals surface area contributed by atoms with E-state index in [0.29, 0.717) is 33.0 Å². The van der Waals surface area contributed by atoms with Gasteiger partial charge in [-0.3, -0.25) is 0 Å². The Morgan fingerprint density at radius 3 is 1.96 bits per heavy atom. The zero-order valence-electron chi connectivity index (χ0n) is 14.0. The minimum atomic E-state index is -0.396. The molecule has 8 heteroatoms. The van der Waals surface area contributed by atoms with E-state index in [0.717, 1.165) is 5.56 Å². The van der Waals surface area contributed by atoms with Gasteiger partial charge < -0.3 is 24.8 Å². The van der Waals surface area contributed by atoms with Crippen LogP contribution in [-0.4, -0.2) is 27.4 Å². The van der Waals surface area contributed by atoms with E-state index in [1.165, 1.54) is 21.3 Å². The van der Waals surface area contributed by atoms with Crippen LogP contribution < -0.4 is 24.8 Å². The lowest BCUT2D eigenvalue weighted by Gasteiger charge is -2.14. The zero-order chi connectivity index (χ0) is 18.4. The van der Waals surface area contributed by atoms with Crippen LogP contribution in [0.15, 0.2) is 30.3 Å². The van der Waals surface area contributed by atoms with Gasteiger partial charge in [-0.2, -0.15) is 0 Å². The summed E-state index contributed by atoms with van der Waals surface area (Å²) in [6.45, 7) is 0.261. The van der Waals surface area contributed by atoms with Crippen LogP contribution in [0.5, 0.6) is 17.2 Å². The van der Waals surface area contributed by atoms with Gasteiger partial charge in [0.15, 0.2) is 11.5 Å². The first-order valence-corrected chi connectivity index (χ1v) is 8.02. The molecule has 0 heterocycles. The van der Waals surface area contributed by atoms with Gasteiger partial charge in [0.25, 0.3) is 0 Å². The molecule has 2 rings (SSSR count). The zero-order valence-corrected chi connectivity index (χ0v) is 15.5. The molecule has 0 bridgehead atoms. The summed E-state index contributed by atoms with van der Waals surface area (Å²) >= 11 is 11.8.